The van der Waals surface area contributed by atoms with Gasteiger partial charge in [-0.25, -0.2) is 4.79 Å². The Bertz CT molecular complexity index is 696. The minimum atomic E-state index is -2.09. The minimum Gasteiger partial charge on any atom is -0.464 e. The van der Waals surface area contributed by atoms with Gasteiger partial charge < -0.3 is 14.6 Å². The number of carbonyl (C=O) groups is 2. The van der Waals surface area contributed by atoms with Gasteiger partial charge in [0.2, 0.25) is 0 Å². The number of aliphatic hydroxyl groups is 1. The van der Waals surface area contributed by atoms with Crippen molar-refractivity contribution < 1.29 is 24.2 Å². The molecule has 0 amide bonds. The fourth-order valence-corrected chi connectivity index (χ4v) is 3.44. The summed E-state index contributed by atoms with van der Waals surface area (Å²) in [5.41, 5.74) is 1.30. The largest absolute Gasteiger partial charge is 0.464 e. The standard InChI is InChI=1S/C17H17ClO5/c1-22-16(20)17(21)9-12(10-4-2-5-11(18)8-10)15-13(19)6-3-7-14(15)23-17/h2,4-5,8,12,21H,3,6-7,9H2,1H3. The summed E-state index contributed by atoms with van der Waals surface area (Å²) >= 11 is 6.05. The normalized spacial score (nSPS) is 27.3. The van der Waals surface area contributed by atoms with Gasteiger partial charge in [0, 0.05) is 35.8 Å². The number of ether oxygens (including phenoxy) is 2. The van der Waals surface area contributed by atoms with Gasteiger partial charge in [0.15, 0.2) is 5.78 Å². The molecule has 1 aromatic carbocycles. The zero-order valence-electron chi connectivity index (χ0n) is 12.7. The maximum atomic E-state index is 12.4. The molecule has 1 aliphatic carbocycles. The molecule has 2 atom stereocenters. The summed E-state index contributed by atoms with van der Waals surface area (Å²) in [6.45, 7) is 0. The van der Waals surface area contributed by atoms with Gasteiger partial charge in [-0.05, 0) is 24.1 Å². The number of hydrogen-bond donors (Lipinski definition) is 1. The summed E-state index contributed by atoms with van der Waals surface area (Å²) in [5, 5.41) is 11.1. The molecular weight excluding hydrogens is 320 g/mol. The molecule has 122 valence electrons. The third-order valence-electron chi connectivity index (χ3n) is 4.29. The number of benzene rings is 1. The Morgan fingerprint density at radius 2 is 2.22 bits per heavy atom. The van der Waals surface area contributed by atoms with E-state index < -0.39 is 17.7 Å². The van der Waals surface area contributed by atoms with Crippen molar-refractivity contribution in [2.75, 3.05) is 7.11 Å². The number of rotatable bonds is 2. The van der Waals surface area contributed by atoms with Crippen LogP contribution in [0.3, 0.4) is 0 Å². The fourth-order valence-electron chi connectivity index (χ4n) is 3.25. The van der Waals surface area contributed by atoms with E-state index in [0.29, 0.717) is 35.6 Å². The fraction of sp³-hybridized carbons (Fsp3) is 0.412. The van der Waals surface area contributed by atoms with E-state index in [4.69, 9.17) is 16.3 Å². The Morgan fingerprint density at radius 1 is 1.43 bits per heavy atom. The lowest BCUT2D eigenvalue weighted by atomic mass is 9.77. The zero-order chi connectivity index (χ0) is 16.6. The third-order valence-corrected chi connectivity index (χ3v) is 4.52. The average molecular weight is 337 g/mol. The Balaban J connectivity index is 2.10. The minimum absolute atomic E-state index is 0.0110. The maximum absolute atomic E-state index is 12.4. The van der Waals surface area contributed by atoms with Crippen LogP contribution in [0.1, 0.15) is 37.2 Å². The Kier molecular flexibility index (Phi) is 4.17. The summed E-state index contributed by atoms with van der Waals surface area (Å²) < 4.78 is 10.1. The molecule has 1 N–H and O–H groups in total. The first-order valence-electron chi connectivity index (χ1n) is 7.46. The van der Waals surface area contributed by atoms with Gasteiger partial charge in [0.25, 0.3) is 0 Å². The van der Waals surface area contributed by atoms with Gasteiger partial charge in [0.1, 0.15) is 5.76 Å². The molecule has 2 unspecified atom stereocenters. The monoisotopic (exact) mass is 336 g/mol. The molecule has 5 nitrogen and oxygen atoms in total. The highest BCUT2D eigenvalue weighted by atomic mass is 35.5. The average Bonchev–Trinajstić information content (AvgIpc) is 2.53. The first-order chi connectivity index (χ1) is 10.9. The number of carbonyl (C=O) groups excluding carboxylic acids is 2. The van der Waals surface area contributed by atoms with Crippen LogP contribution in [0.2, 0.25) is 5.02 Å². The van der Waals surface area contributed by atoms with Crippen LogP contribution in [-0.2, 0) is 19.1 Å². The van der Waals surface area contributed by atoms with Crippen molar-refractivity contribution in [1.82, 2.24) is 0 Å². The van der Waals surface area contributed by atoms with E-state index in [-0.39, 0.29) is 12.2 Å². The number of hydrogen-bond acceptors (Lipinski definition) is 5. The highest BCUT2D eigenvalue weighted by molar-refractivity contribution is 6.30. The van der Waals surface area contributed by atoms with Gasteiger partial charge in [0.05, 0.1) is 7.11 Å². The SMILES string of the molecule is COC(=O)C1(O)CC(c2cccc(Cl)c2)C2=C(CCCC2=O)O1. The predicted octanol–water partition coefficient (Wildman–Crippen LogP) is 2.71. The predicted molar refractivity (Wildman–Crippen MR) is 82.7 cm³/mol. The van der Waals surface area contributed by atoms with Gasteiger partial charge >= 0.3 is 11.8 Å². The van der Waals surface area contributed by atoms with Crippen molar-refractivity contribution in [1.29, 1.82) is 0 Å². The molecule has 1 aromatic rings. The third kappa shape index (κ3) is 2.86. The lowest BCUT2D eigenvalue weighted by Gasteiger charge is -2.39. The van der Waals surface area contributed by atoms with Crippen molar-refractivity contribution in [2.45, 2.75) is 37.4 Å². The number of esters is 1. The molecule has 0 fully saturated rings. The molecule has 0 bridgehead atoms. The smallest absolute Gasteiger partial charge is 0.379 e. The second kappa shape index (κ2) is 5.98. The molecule has 1 heterocycles. The van der Waals surface area contributed by atoms with E-state index in [1.54, 1.807) is 18.2 Å². The summed E-state index contributed by atoms with van der Waals surface area (Å²) in [6, 6.07) is 7.07. The van der Waals surface area contributed by atoms with Crippen molar-refractivity contribution in [2.24, 2.45) is 0 Å². The zero-order valence-corrected chi connectivity index (χ0v) is 13.4. The van der Waals surface area contributed by atoms with E-state index in [1.807, 2.05) is 6.07 Å². The van der Waals surface area contributed by atoms with Crippen molar-refractivity contribution in [3.63, 3.8) is 0 Å². The van der Waals surface area contributed by atoms with Crippen molar-refractivity contribution in [3.8, 4) is 0 Å². The summed E-state index contributed by atoms with van der Waals surface area (Å²) in [4.78, 5) is 24.3. The number of allylic oxidation sites excluding steroid dienone is 2. The summed E-state index contributed by atoms with van der Waals surface area (Å²) in [6.07, 6.45) is 1.51. The molecule has 0 saturated carbocycles. The molecule has 2 aliphatic rings. The van der Waals surface area contributed by atoms with Crippen LogP contribution in [0.4, 0.5) is 0 Å². The molecule has 3 rings (SSSR count). The summed E-state index contributed by atoms with van der Waals surface area (Å²) in [7, 11) is 1.19. The van der Waals surface area contributed by atoms with Crippen LogP contribution >= 0.6 is 11.6 Å². The molecule has 0 aromatic heterocycles. The maximum Gasteiger partial charge on any atom is 0.379 e. The van der Waals surface area contributed by atoms with E-state index in [9.17, 15) is 14.7 Å². The molecule has 23 heavy (non-hydrogen) atoms. The second-order valence-electron chi connectivity index (χ2n) is 5.80. The van der Waals surface area contributed by atoms with E-state index in [2.05, 4.69) is 4.74 Å². The molecule has 0 spiro atoms. The highest BCUT2D eigenvalue weighted by Gasteiger charge is 2.50. The van der Waals surface area contributed by atoms with Crippen molar-refractivity contribution in [3.05, 3.63) is 46.2 Å². The van der Waals surface area contributed by atoms with Gasteiger partial charge in [-0.15, -0.1) is 0 Å². The molecule has 6 heteroatoms. The van der Waals surface area contributed by atoms with Crippen LogP contribution in [0.15, 0.2) is 35.6 Å². The van der Waals surface area contributed by atoms with Crippen LogP contribution in [-0.4, -0.2) is 29.8 Å². The van der Waals surface area contributed by atoms with Gasteiger partial charge in [-0.1, -0.05) is 23.7 Å². The van der Waals surface area contributed by atoms with E-state index >= 15 is 0 Å². The second-order valence-corrected chi connectivity index (χ2v) is 6.24. The highest BCUT2D eigenvalue weighted by Crippen LogP contribution is 2.45. The van der Waals surface area contributed by atoms with Crippen LogP contribution < -0.4 is 0 Å². The number of ketones is 1. The van der Waals surface area contributed by atoms with E-state index in [0.717, 1.165) is 5.56 Å². The molecule has 0 radical (unpaired) electrons. The van der Waals surface area contributed by atoms with E-state index in [1.165, 1.54) is 7.11 Å². The summed E-state index contributed by atoms with van der Waals surface area (Å²) in [5.74, 6) is -3.03. The number of halogens is 1. The van der Waals surface area contributed by atoms with Crippen LogP contribution in [0, 0.1) is 0 Å². The van der Waals surface area contributed by atoms with Gasteiger partial charge in [-0.2, -0.15) is 0 Å². The first kappa shape index (κ1) is 16.0. The van der Waals surface area contributed by atoms with Gasteiger partial charge in [-0.3, -0.25) is 4.79 Å². The topological polar surface area (TPSA) is 72.8 Å². The van der Waals surface area contributed by atoms with Crippen molar-refractivity contribution >= 4 is 23.4 Å². The lowest BCUT2D eigenvalue weighted by Crippen LogP contribution is -2.47. The lowest BCUT2D eigenvalue weighted by molar-refractivity contribution is -0.222. The molecule has 1 aliphatic heterocycles. The number of methoxy groups -OCH3 is 1. The molecular formula is C17H17ClO5. The Hall–Kier alpha value is -1.85. The first-order valence-corrected chi connectivity index (χ1v) is 7.84. The Morgan fingerprint density at radius 3 is 2.91 bits per heavy atom. The quantitative estimate of drug-likeness (QED) is 0.841. The molecule has 0 saturated heterocycles. The Labute approximate surface area is 138 Å². The van der Waals surface area contributed by atoms with Crippen LogP contribution in [0.5, 0.6) is 0 Å². The number of Topliss-reactive ketones (excluding diaryl/α,β-unsaturated/α-hetero) is 1. The van der Waals surface area contributed by atoms with Crippen LogP contribution in [0.25, 0.3) is 0 Å².